The Hall–Kier alpha value is -3.35. The minimum atomic E-state index is -1.10. The highest BCUT2D eigenvalue weighted by Crippen LogP contribution is 2.25. The summed E-state index contributed by atoms with van der Waals surface area (Å²) in [5.41, 5.74) is 10.7. The summed E-state index contributed by atoms with van der Waals surface area (Å²) < 4.78 is 0. The van der Waals surface area contributed by atoms with Gasteiger partial charge in [0.1, 0.15) is 6.04 Å². The number of anilines is 1. The number of aliphatic carboxylic acids is 1. The molecular formula is C31H38ClN3O3. The summed E-state index contributed by atoms with van der Waals surface area (Å²) in [6.45, 7) is 6.81. The fraction of sp³-hybridized carbons (Fsp3) is 0.355. The van der Waals surface area contributed by atoms with Gasteiger partial charge in [-0.3, -0.25) is 4.79 Å². The average molecular weight is 536 g/mol. The molecule has 0 aliphatic rings. The van der Waals surface area contributed by atoms with E-state index in [0.717, 1.165) is 54.5 Å². The van der Waals surface area contributed by atoms with E-state index in [1.165, 1.54) is 0 Å². The number of unbranched alkanes of at least 4 members (excludes halogenated alkanes) is 3. The fourth-order valence-corrected chi connectivity index (χ4v) is 4.40. The maximum absolute atomic E-state index is 13.1. The second-order valence-corrected chi connectivity index (χ2v) is 10.7. The molecular weight excluding hydrogens is 498 g/mol. The molecule has 0 aromatic heterocycles. The molecule has 0 aliphatic carbocycles. The standard InChI is InChI=1S/C31H38ClN3O3/c1-4-5-6-7-18-34-27-17-16-25(32)20-26(27)29(36)35-28(30(37)38)19-21-8-10-22(11-9-21)23-12-14-24(15-13-23)31(2,3)33/h8-17,20,28,34H,4-7,18-19,33H2,1-3H3,(H,35,36)(H,37,38)/t28-/m0/s1. The van der Waals surface area contributed by atoms with Crippen LogP contribution in [-0.2, 0) is 16.8 Å². The number of hydrogen-bond acceptors (Lipinski definition) is 4. The van der Waals surface area contributed by atoms with E-state index >= 15 is 0 Å². The minimum absolute atomic E-state index is 0.155. The van der Waals surface area contributed by atoms with E-state index < -0.39 is 23.5 Å². The van der Waals surface area contributed by atoms with Gasteiger partial charge in [0.25, 0.3) is 5.91 Å². The zero-order chi connectivity index (χ0) is 27.7. The first-order valence-corrected chi connectivity index (χ1v) is 13.5. The topological polar surface area (TPSA) is 104 Å². The normalized spacial score (nSPS) is 12.1. The Morgan fingerprint density at radius 2 is 1.58 bits per heavy atom. The molecule has 3 rings (SSSR count). The molecule has 0 fully saturated rings. The largest absolute Gasteiger partial charge is 0.480 e. The molecule has 3 aromatic rings. The lowest BCUT2D eigenvalue weighted by molar-refractivity contribution is -0.139. The van der Waals surface area contributed by atoms with Crippen molar-refractivity contribution in [1.82, 2.24) is 5.32 Å². The molecule has 202 valence electrons. The van der Waals surface area contributed by atoms with Gasteiger partial charge in [-0.15, -0.1) is 0 Å². The van der Waals surface area contributed by atoms with Gasteiger partial charge in [0.05, 0.1) is 5.56 Å². The highest BCUT2D eigenvalue weighted by molar-refractivity contribution is 6.31. The van der Waals surface area contributed by atoms with Crippen LogP contribution in [0.2, 0.25) is 5.02 Å². The van der Waals surface area contributed by atoms with Crippen molar-refractivity contribution in [3.05, 3.63) is 88.4 Å². The number of rotatable bonds is 13. The molecule has 0 aliphatic heterocycles. The molecule has 7 heteroatoms. The number of nitrogens with two attached hydrogens (primary N) is 1. The Balaban J connectivity index is 1.68. The summed E-state index contributed by atoms with van der Waals surface area (Å²) in [6.07, 6.45) is 4.56. The van der Waals surface area contributed by atoms with Crippen LogP contribution >= 0.6 is 11.6 Å². The molecule has 38 heavy (non-hydrogen) atoms. The maximum Gasteiger partial charge on any atom is 0.326 e. The van der Waals surface area contributed by atoms with Crippen molar-refractivity contribution in [2.45, 2.75) is 64.5 Å². The van der Waals surface area contributed by atoms with E-state index in [9.17, 15) is 14.7 Å². The van der Waals surface area contributed by atoms with E-state index in [0.29, 0.717) is 16.3 Å². The third-order valence-electron chi connectivity index (χ3n) is 6.53. The lowest BCUT2D eigenvalue weighted by atomic mass is 9.93. The molecule has 0 bridgehead atoms. The number of carboxylic acids is 1. The lowest BCUT2D eigenvalue weighted by Gasteiger charge is -2.19. The molecule has 0 unspecified atom stereocenters. The zero-order valence-electron chi connectivity index (χ0n) is 22.4. The molecule has 6 nitrogen and oxygen atoms in total. The Morgan fingerprint density at radius 3 is 2.16 bits per heavy atom. The van der Waals surface area contributed by atoms with Gasteiger partial charge in [-0.05, 0) is 60.7 Å². The monoisotopic (exact) mass is 535 g/mol. The number of benzene rings is 3. The first kappa shape index (κ1) is 29.2. The summed E-state index contributed by atoms with van der Waals surface area (Å²) in [5, 5.41) is 16.2. The quantitative estimate of drug-likeness (QED) is 0.184. The Kier molecular flexibility index (Phi) is 10.3. The van der Waals surface area contributed by atoms with Gasteiger partial charge in [-0.2, -0.15) is 0 Å². The SMILES string of the molecule is CCCCCCNc1ccc(Cl)cc1C(=O)N[C@@H](Cc1ccc(-c2ccc(C(C)(C)N)cc2)cc1)C(=O)O. The number of halogens is 1. The summed E-state index contributed by atoms with van der Waals surface area (Å²) in [5.74, 6) is -1.57. The Morgan fingerprint density at radius 1 is 0.947 bits per heavy atom. The van der Waals surface area contributed by atoms with Crippen LogP contribution in [-0.4, -0.2) is 29.6 Å². The smallest absolute Gasteiger partial charge is 0.326 e. The molecule has 0 heterocycles. The van der Waals surface area contributed by atoms with E-state index in [2.05, 4.69) is 17.6 Å². The number of nitrogens with one attached hydrogen (secondary N) is 2. The Labute approximate surface area is 230 Å². The van der Waals surface area contributed by atoms with Gasteiger partial charge in [-0.1, -0.05) is 86.3 Å². The van der Waals surface area contributed by atoms with E-state index in [1.807, 2.05) is 62.4 Å². The van der Waals surface area contributed by atoms with Crippen molar-refractivity contribution in [1.29, 1.82) is 0 Å². The maximum atomic E-state index is 13.1. The molecule has 1 amide bonds. The van der Waals surface area contributed by atoms with Crippen molar-refractivity contribution < 1.29 is 14.7 Å². The predicted molar refractivity (Wildman–Crippen MR) is 156 cm³/mol. The van der Waals surface area contributed by atoms with Crippen LogP contribution < -0.4 is 16.4 Å². The second-order valence-electron chi connectivity index (χ2n) is 10.2. The summed E-state index contributed by atoms with van der Waals surface area (Å²) in [4.78, 5) is 25.1. The van der Waals surface area contributed by atoms with E-state index in [-0.39, 0.29) is 6.42 Å². The first-order valence-electron chi connectivity index (χ1n) is 13.1. The fourth-order valence-electron chi connectivity index (χ4n) is 4.23. The van der Waals surface area contributed by atoms with Crippen LogP contribution in [0.25, 0.3) is 11.1 Å². The van der Waals surface area contributed by atoms with Crippen LogP contribution in [0.1, 0.15) is 67.9 Å². The minimum Gasteiger partial charge on any atom is -0.480 e. The van der Waals surface area contributed by atoms with Crippen LogP contribution in [0.3, 0.4) is 0 Å². The first-order chi connectivity index (χ1) is 18.1. The van der Waals surface area contributed by atoms with Crippen LogP contribution in [0.4, 0.5) is 5.69 Å². The van der Waals surface area contributed by atoms with Crippen molar-refractivity contribution in [3.63, 3.8) is 0 Å². The third kappa shape index (κ3) is 8.33. The second kappa shape index (κ2) is 13.4. The molecule has 1 atom stereocenters. The van der Waals surface area contributed by atoms with Gasteiger partial charge in [0.2, 0.25) is 0 Å². The highest BCUT2D eigenvalue weighted by Gasteiger charge is 2.23. The van der Waals surface area contributed by atoms with E-state index in [1.54, 1.807) is 18.2 Å². The number of amides is 1. The molecule has 0 radical (unpaired) electrons. The number of hydrogen-bond donors (Lipinski definition) is 4. The van der Waals surface area contributed by atoms with Crippen molar-refractivity contribution in [3.8, 4) is 11.1 Å². The van der Waals surface area contributed by atoms with Crippen molar-refractivity contribution in [2.75, 3.05) is 11.9 Å². The number of carboxylic acid groups (broad SMARTS) is 1. The zero-order valence-corrected chi connectivity index (χ0v) is 23.1. The number of carbonyl (C=O) groups excluding carboxylic acids is 1. The third-order valence-corrected chi connectivity index (χ3v) is 6.77. The van der Waals surface area contributed by atoms with Crippen molar-refractivity contribution >= 4 is 29.2 Å². The summed E-state index contributed by atoms with van der Waals surface area (Å²) in [6, 6.07) is 19.7. The summed E-state index contributed by atoms with van der Waals surface area (Å²) in [7, 11) is 0. The van der Waals surface area contributed by atoms with Gasteiger partial charge in [0.15, 0.2) is 0 Å². The molecule has 0 spiro atoms. The van der Waals surface area contributed by atoms with Crippen molar-refractivity contribution in [2.24, 2.45) is 5.73 Å². The van der Waals surface area contributed by atoms with Gasteiger partial charge >= 0.3 is 5.97 Å². The lowest BCUT2D eigenvalue weighted by Crippen LogP contribution is -2.42. The highest BCUT2D eigenvalue weighted by atomic mass is 35.5. The molecule has 3 aromatic carbocycles. The molecule has 5 N–H and O–H groups in total. The van der Waals surface area contributed by atoms with Gasteiger partial charge in [0, 0.05) is 29.2 Å². The van der Waals surface area contributed by atoms with Crippen LogP contribution in [0.15, 0.2) is 66.7 Å². The van der Waals surface area contributed by atoms with Gasteiger partial charge < -0.3 is 21.5 Å². The number of carbonyl (C=O) groups is 2. The Bertz CT molecular complexity index is 1220. The predicted octanol–water partition coefficient (Wildman–Crippen LogP) is 6.62. The van der Waals surface area contributed by atoms with Gasteiger partial charge in [-0.25, -0.2) is 4.79 Å². The average Bonchev–Trinajstić information content (AvgIpc) is 2.88. The van der Waals surface area contributed by atoms with Crippen LogP contribution in [0, 0.1) is 0 Å². The van der Waals surface area contributed by atoms with E-state index in [4.69, 9.17) is 17.3 Å². The molecule has 0 saturated carbocycles. The van der Waals surface area contributed by atoms with Crippen LogP contribution in [0.5, 0.6) is 0 Å². The molecule has 0 saturated heterocycles. The summed E-state index contributed by atoms with van der Waals surface area (Å²) >= 11 is 6.16.